The normalized spacial score (nSPS) is 16.7. The molecule has 1 aromatic heterocycles. The maximum atomic E-state index is 12.0. The molecule has 0 fully saturated rings. The second kappa shape index (κ2) is 5.65. The Kier molecular flexibility index (Phi) is 4.18. The molecule has 0 saturated carbocycles. The first-order chi connectivity index (χ1) is 8.16. The second-order valence-electron chi connectivity index (χ2n) is 4.80. The zero-order chi connectivity index (χ0) is 12.3. The van der Waals surface area contributed by atoms with Crippen LogP contribution in [0.2, 0.25) is 0 Å². The van der Waals surface area contributed by atoms with Gasteiger partial charge in [0.05, 0.1) is 0 Å². The fraction of sp³-hybridized carbons (Fsp3) is 0.615. The van der Waals surface area contributed by atoms with E-state index in [-0.39, 0.29) is 11.9 Å². The van der Waals surface area contributed by atoms with Gasteiger partial charge >= 0.3 is 0 Å². The van der Waals surface area contributed by atoms with Crippen molar-refractivity contribution >= 4 is 17.2 Å². The molecule has 0 aromatic carbocycles. The minimum atomic E-state index is 0.202. The lowest BCUT2D eigenvalue weighted by Gasteiger charge is -2.27. The van der Waals surface area contributed by atoms with Crippen LogP contribution in [0.5, 0.6) is 0 Å². The van der Waals surface area contributed by atoms with Crippen molar-refractivity contribution in [1.29, 1.82) is 0 Å². The summed E-state index contributed by atoms with van der Waals surface area (Å²) in [5.41, 5.74) is 7.02. The van der Waals surface area contributed by atoms with Gasteiger partial charge in [-0.05, 0) is 43.2 Å². The molecule has 0 saturated heterocycles. The van der Waals surface area contributed by atoms with Gasteiger partial charge in [-0.2, -0.15) is 0 Å². The van der Waals surface area contributed by atoms with Crippen molar-refractivity contribution in [3.8, 4) is 0 Å². The van der Waals surface area contributed by atoms with Crippen molar-refractivity contribution in [2.45, 2.75) is 45.2 Å². The number of nitrogens with two attached hydrogens (primary N) is 1. The van der Waals surface area contributed by atoms with E-state index in [1.54, 1.807) is 11.3 Å². The van der Waals surface area contributed by atoms with Crippen LogP contribution in [-0.4, -0.2) is 23.4 Å². The molecule has 1 atom stereocenters. The Morgan fingerprint density at radius 2 is 2.47 bits per heavy atom. The Morgan fingerprint density at radius 1 is 1.65 bits per heavy atom. The Morgan fingerprint density at radius 3 is 3.24 bits per heavy atom. The van der Waals surface area contributed by atoms with Crippen molar-refractivity contribution in [2.75, 3.05) is 6.54 Å². The highest BCUT2D eigenvalue weighted by molar-refractivity contribution is 7.10. The van der Waals surface area contributed by atoms with E-state index in [1.165, 1.54) is 10.4 Å². The predicted octanol–water partition coefficient (Wildman–Crippen LogP) is 2.15. The summed E-state index contributed by atoms with van der Waals surface area (Å²) in [6.45, 7) is 3.67. The number of hydrogen-bond donors (Lipinski definition) is 1. The van der Waals surface area contributed by atoms with E-state index in [2.05, 4.69) is 11.4 Å². The third-order valence-corrected chi connectivity index (χ3v) is 4.23. The van der Waals surface area contributed by atoms with Crippen molar-refractivity contribution in [2.24, 2.45) is 5.73 Å². The SMILES string of the molecule is CC(N)CCCC(=O)N1CCc2sccc2C1. The number of rotatable bonds is 4. The first-order valence-corrected chi connectivity index (χ1v) is 7.13. The predicted molar refractivity (Wildman–Crippen MR) is 70.9 cm³/mol. The van der Waals surface area contributed by atoms with Crippen LogP contribution in [0.4, 0.5) is 0 Å². The van der Waals surface area contributed by atoms with Crippen LogP contribution in [0, 0.1) is 0 Å². The van der Waals surface area contributed by atoms with Crippen molar-refractivity contribution in [3.05, 3.63) is 21.9 Å². The van der Waals surface area contributed by atoms with E-state index in [9.17, 15) is 4.79 Å². The Hall–Kier alpha value is -0.870. The maximum absolute atomic E-state index is 12.0. The van der Waals surface area contributed by atoms with Gasteiger partial charge in [0.25, 0.3) is 0 Å². The van der Waals surface area contributed by atoms with Crippen molar-refractivity contribution in [1.82, 2.24) is 4.90 Å². The van der Waals surface area contributed by atoms with Crippen LogP contribution in [-0.2, 0) is 17.8 Å². The Balaban J connectivity index is 1.82. The molecule has 1 aliphatic rings. The molecular formula is C13H20N2OS. The number of fused-ring (bicyclic) bond motifs is 1. The van der Waals surface area contributed by atoms with Gasteiger partial charge in [-0.15, -0.1) is 11.3 Å². The number of amides is 1. The molecule has 3 nitrogen and oxygen atoms in total. The van der Waals surface area contributed by atoms with Gasteiger partial charge in [0.15, 0.2) is 0 Å². The number of carbonyl (C=O) groups is 1. The molecule has 0 aliphatic carbocycles. The molecule has 17 heavy (non-hydrogen) atoms. The molecule has 4 heteroatoms. The largest absolute Gasteiger partial charge is 0.338 e. The van der Waals surface area contributed by atoms with E-state index in [0.717, 1.165) is 32.4 Å². The van der Waals surface area contributed by atoms with E-state index < -0.39 is 0 Å². The summed E-state index contributed by atoms with van der Waals surface area (Å²) in [6.07, 6.45) is 3.50. The average Bonchev–Trinajstić information content (AvgIpc) is 2.75. The summed E-state index contributed by atoms with van der Waals surface area (Å²) < 4.78 is 0. The summed E-state index contributed by atoms with van der Waals surface area (Å²) in [4.78, 5) is 15.4. The standard InChI is InChI=1S/C13H20N2OS/c1-10(14)3-2-4-13(16)15-7-5-12-11(9-15)6-8-17-12/h6,8,10H,2-5,7,9,14H2,1H3. The number of carbonyl (C=O) groups excluding carboxylic acids is 1. The molecule has 1 aliphatic heterocycles. The Labute approximate surface area is 107 Å². The van der Waals surface area contributed by atoms with E-state index >= 15 is 0 Å². The maximum Gasteiger partial charge on any atom is 0.222 e. The lowest BCUT2D eigenvalue weighted by molar-refractivity contribution is -0.132. The van der Waals surface area contributed by atoms with E-state index in [0.29, 0.717) is 6.42 Å². The molecule has 1 aromatic rings. The van der Waals surface area contributed by atoms with E-state index in [1.807, 2.05) is 11.8 Å². The van der Waals surface area contributed by atoms with Crippen LogP contribution in [0.3, 0.4) is 0 Å². The Bertz CT molecular complexity index is 387. The number of thiophene rings is 1. The summed E-state index contributed by atoms with van der Waals surface area (Å²) in [6, 6.07) is 2.34. The number of nitrogens with zero attached hydrogens (tertiary/aromatic N) is 1. The first-order valence-electron chi connectivity index (χ1n) is 6.25. The summed E-state index contributed by atoms with van der Waals surface area (Å²) >= 11 is 1.81. The molecule has 94 valence electrons. The summed E-state index contributed by atoms with van der Waals surface area (Å²) in [5, 5.41) is 2.12. The molecule has 0 spiro atoms. The quantitative estimate of drug-likeness (QED) is 0.892. The van der Waals surface area contributed by atoms with Gasteiger partial charge in [-0.1, -0.05) is 0 Å². The van der Waals surface area contributed by atoms with Gasteiger partial charge in [0.1, 0.15) is 0 Å². The smallest absolute Gasteiger partial charge is 0.222 e. The lowest BCUT2D eigenvalue weighted by Crippen LogP contribution is -2.35. The molecular weight excluding hydrogens is 232 g/mol. The third kappa shape index (κ3) is 3.30. The molecule has 1 amide bonds. The van der Waals surface area contributed by atoms with Gasteiger partial charge < -0.3 is 10.6 Å². The highest BCUT2D eigenvalue weighted by Gasteiger charge is 2.20. The monoisotopic (exact) mass is 252 g/mol. The molecule has 2 rings (SSSR count). The van der Waals surface area contributed by atoms with Crippen molar-refractivity contribution < 1.29 is 4.79 Å². The summed E-state index contributed by atoms with van der Waals surface area (Å²) in [5.74, 6) is 0.280. The fourth-order valence-corrected chi connectivity index (χ4v) is 3.08. The van der Waals surface area contributed by atoms with Gasteiger partial charge in [0.2, 0.25) is 5.91 Å². The van der Waals surface area contributed by atoms with Gasteiger partial charge in [-0.25, -0.2) is 0 Å². The zero-order valence-corrected chi connectivity index (χ0v) is 11.1. The molecule has 2 heterocycles. The first kappa shape index (κ1) is 12.6. The van der Waals surface area contributed by atoms with Crippen molar-refractivity contribution in [3.63, 3.8) is 0 Å². The molecule has 1 unspecified atom stereocenters. The van der Waals surface area contributed by atoms with Gasteiger partial charge in [0, 0.05) is 30.4 Å². The van der Waals surface area contributed by atoms with E-state index in [4.69, 9.17) is 5.73 Å². The van der Waals surface area contributed by atoms with Crippen LogP contribution >= 0.6 is 11.3 Å². The molecule has 2 N–H and O–H groups in total. The minimum absolute atomic E-state index is 0.202. The second-order valence-corrected chi connectivity index (χ2v) is 5.80. The minimum Gasteiger partial charge on any atom is -0.338 e. The van der Waals surface area contributed by atoms with Crippen LogP contribution in [0.1, 0.15) is 36.6 Å². The highest BCUT2D eigenvalue weighted by atomic mass is 32.1. The van der Waals surface area contributed by atoms with Crippen LogP contribution in [0.15, 0.2) is 11.4 Å². The highest BCUT2D eigenvalue weighted by Crippen LogP contribution is 2.24. The third-order valence-electron chi connectivity index (χ3n) is 3.21. The molecule has 0 radical (unpaired) electrons. The average molecular weight is 252 g/mol. The molecule has 0 bridgehead atoms. The topological polar surface area (TPSA) is 46.3 Å². The van der Waals surface area contributed by atoms with Gasteiger partial charge in [-0.3, -0.25) is 4.79 Å². The zero-order valence-electron chi connectivity index (χ0n) is 10.3. The number of hydrogen-bond acceptors (Lipinski definition) is 3. The van der Waals surface area contributed by atoms with Crippen LogP contribution < -0.4 is 5.73 Å². The lowest BCUT2D eigenvalue weighted by atomic mass is 10.1. The summed E-state index contributed by atoms with van der Waals surface area (Å²) in [7, 11) is 0. The fourth-order valence-electron chi connectivity index (χ4n) is 2.19. The van der Waals surface area contributed by atoms with Crippen LogP contribution in [0.25, 0.3) is 0 Å².